The summed E-state index contributed by atoms with van der Waals surface area (Å²) >= 11 is 0. The number of amides is 1. The van der Waals surface area contributed by atoms with Gasteiger partial charge in [0.25, 0.3) is 0 Å². The van der Waals surface area contributed by atoms with E-state index in [0.717, 1.165) is 36.5 Å². The zero-order chi connectivity index (χ0) is 16.8. The van der Waals surface area contributed by atoms with E-state index in [9.17, 15) is 4.79 Å². The molecule has 1 N–H and O–H groups in total. The Hall–Kier alpha value is -0.530. The molecule has 23 heavy (non-hydrogen) atoms. The lowest BCUT2D eigenvalue weighted by Gasteiger charge is -2.60. The number of piperidine rings is 1. The van der Waals surface area contributed by atoms with Crippen LogP contribution in [0.3, 0.4) is 0 Å². The van der Waals surface area contributed by atoms with E-state index in [1.165, 1.54) is 38.5 Å². The molecule has 1 amide bonds. The predicted molar refractivity (Wildman–Crippen MR) is 96.1 cm³/mol. The van der Waals surface area contributed by atoms with Crippen LogP contribution >= 0.6 is 0 Å². The third kappa shape index (κ3) is 2.46. The molecule has 0 aromatic rings. The topological polar surface area (TPSA) is 29.1 Å². The molecule has 3 saturated carbocycles. The summed E-state index contributed by atoms with van der Waals surface area (Å²) < 4.78 is 0. The maximum Gasteiger partial charge on any atom is 0.220 e. The second-order valence-corrected chi connectivity index (χ2v) is 9.10. The monoisotopic (exact) mass is 319 g/mol. The number of hydrogen-bond acceptors (Lipinski definition) is 1. The van der Waals surface area contributed by atoms with Crippen LogP contribution in [-0.2, 0) is 4.79 Å². The largest absolute Gasteiger partial charge is 0.353 e. The highest BCUT2D eigenvalue weighted by Crippen LogP contribution is 2.65. The maximum atomic E-state index is 11.8. The van der Waals surface area contributed by atoms with Crippen LogP contribution in [0.25, 0.3) is 0 Å². The van der Waals surface area contributed by atoms with Gasteiger partial charge in [0.05, 0.1) is 0 Å². The lowest BCUT2D eigenvalue weighted by molar-refractivity contribution is -0.136. The van der Waals surface area contributed by atoms with Gasteiger partial charge in [-0.25, -0.2) is 0 Å². The molecule has 132 valence electrons. The SMILES string of the molecule is CC.CC1CCC2C3CCC4NC(=O)CCC4(C)C3CCC12C. The first-order valence-electron chi connectivity index (χ1n) is 10.2. The maximum absolute atomic E-state index is 11.8. The van der Waals surface area contributed by atoms with Crippen molar-refractivity contribution in [1.82, 2.24) is 5.32 Å². The van der Waals surface area contributed by atoms with Crippen LogP contribution < -0.4 is 5.32 Å². The third-order valence-electron chi connectivity index (χ3n) is 8.57. The first kappa shape index (κ1) is 17.3. The van der Waals surface area contributed by atoms with Crippen LogP contribution in [-0.4, -0.2) is 11.9 Å². The van der Waals surface area contributed by atoms with Gasteiger partial charge in [-0.1, -0.05) is 34.6 Å². The third-order valence-corrected chi connectivity index (χ3v) is 8.57. The smallest absolute Gasteiger partial charge is 0.220 e. The fourth-order valence-electron chi connectivity index (χ4n) is 6.96. The van der Waals surface area contributed by atoms with Gasteiger partial charge in [-0.3, -0.25) is 4.79 Å². The van der Waals surface area contributed by atoms with Crippen molar-refractivity contribution in [2.75, 3.05) is 0 Å². The number of nitrogens with one attached hydrogen (secondary N) is 1. The van der Waals surface area contributed by atoms with Crippen LogP contribution in [0.4, 0.5) is 0 Å². The summed E-state index contributed by atoms with van der Waals surface area (Å²) in [7, 11) is 0. The summed E-state index contributed by atoms with van der Waals surface area (Å²) in [6.07, 6.45) is 10.2. The van der Waals surface area contributed by atoms with Crippen molar-refractivity contribution >= 4 is 5.91 Å². The molecule has 7 unspecified atom stereocenters. The van der Waals surface area contributed by atoms with Crippen LogP contribution in [0.2, 0.25) is 0 Å². The summed E-state index contributed by atoms with van der Waals surface area (Å²) in [5, 5.41) is 3.33. The normalized spacial score (nSPS) is 51.5. The average molecular weight is 320 g/mol. The highest BCUT2D eigenvalue weighted by molar-refractivity contribution is 5.77. The number of hydrogen-bond donors (Lipinski definition) is 1. The van der Waals surface area contributed by atoms with Gasteiger partial charge in [-0.2, -0.15) is 0 Å². The van der Waals surface area contributed by atoms with Gasteiger partial charge >= 0.3 is 0 Å². The molecule has 0 radical (unpaired) electrons. The molecule has 4 aliphatic rings. The molecule has 1 saturated heterocycles. The van der Waals surface area contributed by atoms with Crippen molar-refractivity contribution in [3.05, 3.63) is 0 Å². The highest BCUT2D eigenvalue weighted by atomic mass is 16.1. The molecule has 1 aliphatic heterocycles. The Bertz CT molecular complexity index is 461. The molecule has 3 aliphatic carbocycles. The minimum Gasteiger partial charge on any atom is -0.353 e. The van der Waals surface area contributed by atoms with Crippen LogP contribution in [0.1, 0.15) is 86.0 Å². The molecule has 0 bridgehead atoms. The van der Waals surface area contributed by atoms with Crippen molar-refractivity contribution in [3.8, 4) is 0 Å². The molecular weight excluding hydrogens is 282 g/mol. The zero-order valence-corrected chi connectivity index (χ0v) is 16.0. The second kappa shape index (κ2) is 6.08. The lowest BCUT2D eigenvalue weighted by Crippen LogP contribution is -2.60. The Morgan fingerprint density at radius 2 is 1.61 bits per heavy atom. The molecular formula is C21H37NO. The average Bonchev–Trinajstić information content (AvgIpc) is 2.86. The fraction of sp³-hybridized carbons (Fsp3) is 0.952. The molecule has 0 aromatic heterocycles. The van der Waals surface area contributed by atoms with E-state index >= 15 is 0 Å². The van der Waals surface area contributed by atoms with Gasteiger partial charge in [-0.15, -0.1) is 0 Å². The van der Waals surface area contributed by atoms with E-state index in [1.54, 1.807) is 0 Å². The summed E-state index contributed by atoms with van der Waals surface area (Å²) in [6.45, 7) is 11.6. The van der Waals surface area contributed by atoms with Gasteiger partial charge in [0, 0.05) is 12.5 Å². The van der Waals surface area contributed by atoms with E-state index < -0.39 is 0 Å². The predicted octanol–water partition coefficient (Wildman–Crippen LogP) is 5.17. The van der Waals surface area contributed by atoms with E-state index in [1.807, 2.05) is 13.8 Å². The Kier molecular flexibility index (Phi) is 4.57. The van der Waals surface area contributed by atoms with Crippen molar-refractivity contribution in [2.24, 2.45) is 34.5 Å². The second-order valence-electron chi connectivity index (χ2n) is 9.10. The van der Waals surface area contributed by atoms with Gasteiger partial charge in [0.15, 0.2) is 0 Å². The van der Waals surface area contributed by atoms with Crippen molar-refractivity contribution in [3.63, 3.8) is 0 Å². The Morgan fingerprint density at radius 1 is 0.913 bits per heavy atom. The van der Waals surface area contributed by atoms with Crippen molar-refractivity contribution in [2.45, 2.75) is 92.0 Å². The first-order valence-corrected chi connectivity index (χ1v) is 10.2. The number of rotatable bonds is 0. The van der Waals surface area contributed by atoms with Crippen LogP contribution in [0.5, 0.6) is 0 Å². The first-order chi connectivity index (χ1) is 10.9. The molecule has 2 heteroatoms. The Labute approximate surface area is 143 Å². The summed E-state index contributed by atoms with van der Waals surface area (Å²) in [4.78, 5) is 11.8. The number of carbonyl (C=O) groups excluding carboxylic acids is 1. The minimum absolute atomic E-state index is 0.297. The van der Waals surface area contributed by atoms with E-state index in [2.05, 4.69) is 26.1 Å². The zero-order valence-electron chi connectivity index (χ0n) is 16.0. The van der Waals surface area contributed by atoms with E-state index in [0.29, 0.717) is 22.8 Å². The van der Waals surface area contributed by atoms with Gasteiger partial charge in [0.2, 0.25) is 5.91 Å². The molecule has 4 fully saturated rings. The van der Waals surface area contributed by atoms with Crippen LogP contribution in [0, 0.1) is 34.5 Å². The molecule has 4 rings (SSSR count). The molecule has 1 heterocycles. The van der Waals surface area contributed by atoms with Crippen molar-refractivity contribution in [1.29, 1.82) is 0 Å². The quantitative estimate of drug-likeness (QED) is 0.655. The summed E-state index contributed by atoms with van der Waals surface area (Å²) in [5.41, 5.74) is 0.992. The summed E-state index contributed by atoms with van der Waals surface area (Å²) in [6, 6.07) is 0.461. The molecule has 2 nitrogen and oxygen atoms in total. The summed E-state index contributed by atoms with van der Waals surface area (Å²) in [5.74, 6) is 3.97. The van der Waals surface area contributed by atoms with Gasteiger partial charge in [-0.05, 0) is 79.4 Å². The Balaban J connectivity index is 0.000000753. The molecule has 0 aromatic carbocycles. The van der Waals surface area contributed by atoms with E-state index in [4.69, 9.17) is 0 Å². The lowest BCUT2D eigenvalue weighted by atomic mass is 9.47. The highest BCUT2D eigenvalue weighted by Gasteiger charge is 2.59. The fourth-order valence-corrected chi connectivity index (χ4v) is 6.96. The minimum atomic E-state index is 0.297. The van der Waals surface area contributed by atoms with Gasteiger partial charge < -0.3 is 5.32 Å². The molecule has 0 spiro atoms. The molecule has 7 atom stereocenters. The van der Waals surface area contributed by atoms with E-state index in [-0.39, 0.29) is 0 Å². The number of carbonyl (C=O) groups is 1. The van der Waals surface area contributed by atoms with Crippen LogP contribution in [0.15, 0.2) is 0 Å². The number of fused-ring (bicyclic) bond motifs is 5. The van der Waals surface area contributed by atoms with Gasteiger partial charge in [0.1, 0.15) is 0 Å². The standard InChI is InChI=1S/C19H31NO.C2H6/c1-12-4-6-14-13-5-7-16-19(3,11-9-17(21)20-16)15(13)8-10-18(12,14)2;1-2/h12-16H,4-11H2,1-3H3,(H,20,21);1-2H3. The Morgan fingerprint density at radius 3 is 2.35 bits per heavy atom. The van der Waals surface area contributed by atoms with Crippen molar-refractivity contribution < 1.29 is 4.79 Å².